The van der Waals surface area contributed by atoms with Gasteiger partial charge >= 0.3 is 0 Å². The number of carbonyl (C=O) groups is 1. The van der Waals surface area contributed by atoms with Crippen molar-refractivity contribution in [3.63, 3.8) is 0 Å². The molecule has 0 atom stereocenters. The highest BCUT2D eigenvalue weighted by Crippen LogP contribution is 2.40. The van der Waals surface area contributed by atoms with Crippen LogP contribution in [0.1, 0.15) is 47.7 Å². The number of aromatic nitrogens is 5. The number of amides is 1. The van der Waals surface area contributed by atoms with Crippen LogP contribution in [0.25, 0.3) is 22.6 Å². The molecule has 0 radical (unpaired) electrons. The molecule has 1 aromatic carbocycles. The summed E-state index contributed by atoms with van der Waals surface area (Å²) in [7, 11) is 0. The number of pyridine rings is 2. The third kappa shape index (κ3) is 4.37. The first-order valence-corrected chi connectivity index (χ1v) is 11.7. The summed E-state index contributed by atoms with van der Waals surface area (Å²) in [5.74, 6) is 0.758. The molecule has 9 heteroatoms. The molecule has 1 saturated carbocycles. The van der Waals surface area contributed by atoms with Crippen LogP contribution in [-0.4, -0.2) is 37.2 Å². The number of ether oxygens (including phenoxy) is 1. The zero-order valence-electron chi connectivity index (χ0n) is 18.9. The summed E-state index contributed by atoms with van der Waals surface area (Å²) in [6.45, 7) is 1.04. The van der Waals surface area contributed by atoms with Crippen molar-refractivity contribution in [1.82, 2.24) is 24.7 Å². The Morgan fingerprint density at radius 2 is 2.00 bits per heavy atom. The van der Waals surface area contributed by atoms with Gasteiger partial charge in [0.1, 0.15) is 29.4 Å². The number of hydrogen-bond acceptors (Lipinski definition) is 6. The van der Waals surface area contributed by atoms with Gasteiger partial charge in [0, 0.05) is 36.0 Å². The fourth-order valence-electron chi connectivity index (χ4n) is 4.29. The number of nitrogens with one attached hydrogen (secondary N) is 1. The zero-order chi connectivity index (χ0) is 23.8. The maximum absolute atomic E-state index is 15.3. The lowest BCUT2D eigenvalue weighted by atomic mass is 10.0. The number of benzene rings is 1. The number of rotatable bonds is 2. The maximum Gasteiger partial charge on any atom is 0.260 e. The molecular weight excluding hydrogens is 447 g/mol. The molecule has 35 heavy (non-hydrogen) atoms. The van der Waals surface area contributed by atoms with Gasteiger partial charge in [0.05, 0.1) is 12.2 Å². The van der Waals surface area contributed by atoms with E-state index >= 15 is 4.39 Å². The van der Waals surface area contributed by atoms with E-state index in [2.05, 4.69) is 25.5 Å². The first kappa shape index (κ1) is 21.4. The van der Waals surface area contributed by atoms with Crippen molar-refractivity contribution in [2.24, 2.45) is 0 Å². The lowest BCUT2D eigenvalue weighted by Gasteiger charge is -2.16. The minimum absolute atomic E-state index is 0.207. The molecule has 1 N–H and O–H groups in total. The topological polar surface area (TPSA) is 94.8 Å². The molecule has 2 bridgehead atoms. The van der Waals surface area contributed by atoms with Gasteiger partial charge in [-0.1, -0.05) is 6.07 Å². The number of anilines is 1. The van der Waals surface area contributed by atoms with Crippen molar-refractivity contribution in [3.8, 4) is 28.4 Å². The molecule has 2 aliphatic rings. The van der Waals surface area contributed by atoms with Crippen molar-refractivity contribution in [2.45, 2.75) is 38.1 Å². The van der Waals surface area contributed by atoms with Crippen LogP contribution < -0.4 is 10.1 Å². The first-order chi connectivity index (χ1) is 17.2. The molecule has 4 heterocycles. The van der Waals surface area contributed by atoms with Crippen LogP contribution >= 0.6 is 0 Å². The molecule has 0 spiro atoms. The molecule has 3 aromatic heterocycles. The smallest absolute Gasteiger partial charge is 0.260 e. The number of nitrogens with zero attached hydrogens (tertiary/aromatic N) is 5. The van der Waals surface area contributed by atoms with Crippen molar-refractivity contribution >= 4 is 11.7 Å². The van der Waals surface area contributed by atoms with E-state index in [4.69, 9.17) is 4.74 Å². The number of hydrogen-bond donors (Lipinski definition) is 1. The Morgan fingerprint density at radius 3 is 2.89 bits per heavy atom. The van der Waals surface area contributed by atoms with Gasteiger partial charge in [0.25, 0.3) is 5.91 Å². The SMILES string of the molecule is O=C1Nc2cccc(n2)-c2nncn2CCCCOc2cc(F)c(-c3ccnc(C4CC4)c3)cc21. The van der Waals surface area contributed by atoms with E-state index in [9.17, 15) is 4.79 Å². The van der Waals surface area contributed by atoms with Crippen LogP contribution in [0, 0.1) is 5.82 Å². The van der Waals surface area contributed by atoms with Gasteiger partial charge < -0.3 is 14.6 Å². The molecule has 1 fully saturated rings. The third-order valence-corrected chi connectivity index (χ3v) is 6.29. The van der Waals surface area contributed by atoms with Crippen LogP contribution in [0.3, 0.4) is 0 Å². The lowest BCUT2D eigenvalue weighted by molar-refractivity contribution is 0.102. The van der Waals surface area contributed by atoms with Crippen molar-refractivity contribution in [3.05, 3.63) is 72.1 Å². The van der Waals surface area contributed by atoms with Crippen LogP contribution in [0.15, 0.2) is 55.0 Å². The van der Waals surface area contributed by atoms with Crippen molar-refractivity contribution in [1.29, 1.82) is 0 Å². The molecule has 0 saturated heterocycles. The fraction of sp³-hybridized carbons (Fsp3) is 0.269. The summed E-state index contributed by atoms with van der Waals surface area (Å²) >= 11 is 0. The average molecular weight is 471 g/mol. The molecule has 0 unspecified atom stereocenters. The van der Waals surface area contributed by atoms with Crippen LogP contribution in [0.4, 0.5) is 10.2 Å². The van der Waals surface area contributed by atoms with E-state index in [1.54, 1.807) is 36.8 Å². The summed E-state index contributed by atoms with van der Waals surface area (Å²) in [5, 5.41) is 11.0. The van der Waals surface area contributed by atoms with Gasteiger partial charge in [-0.05, 0) is 61.6 Å². The third-order valence-electron chi connectivity index (χ3n) is 6.29. The minimum atomic E-state index is -0.445. The molecule has 1 aliphatic heterocycles. The second-order valence-electron chi connectivity index (χ2n) is 8.84. The summed E-state index contributed by atoms with van der Waals surface area (Å²) < 4.78 is 23.1. The van der Waals surface area contributed by atoms with Crippen molar-refractivity contribution < 1.29 is 13.9 Å². The average Bonchev–Trinajstić information content (AvgIpc) is 3.62. The van der Waals surface area contributed by atoms with E-state index in [0.717, 1.165) is 25.0 Å². The molecule has 1 amide bonds. The van der Waals surface area contributed by atoms with E-state index < -0.39 is 11.7 Å². The molecular formula is C26H23FN6O2. The normalized spacial score (nSPS) is 15.9. The summed E-state index contributed by atoms with van der Waals surface area (Å²) in [6, 6.07) is 11.8. The Balaban J connectivity index is 1.40. The highest BCUT2D eigenvalue weighted by Gasteiger charge is 2.26. The number of halogens is 1. The van der Waals surface area contributed by atoms with Crippen LogP contribution in [0.5, 0.6) is 5.75 Å². The molecule has 1 aliphatic carbocycles. The Bertz CT molecular complexity index is 1410. The lowest BCUT2D eigenvalue weighted by Crippen LogP contribution is -2.16. The van der Waals surface area contributed by atoms with Gasteiger partial charge in [0.15, 0.2) is 5.82 Å². The Kier molecular flexibility index (Phi) is 5.44. The Labute approximate surface area is 201 Å². The van der Waals surface area contributed by atoms with Crippen LogP contribution in [-0.2, 0) is 6.54 Å². The quantitative estimate of drug-likeness (QED) is 0.450. The van der Waals surface area contributed by atoms with E-state index in [1.807, 2.05) is 16.7 Å². The largest absolute Gasteiger partial charge is 0.493 e. The van der Waals surface area contributed by atoms with Gasteiger partial charge in [-0.25, -0.2) is 9.37 Å². The van der Waals surface area contributed by atoms with E-state index in [-0.39, 0.29) is 11.3 Å². The standard InChI is InChI=1S/C26H23FN6O2/c27-20-14-23-19(13-18(20)17-8-9-28-22(12-17)16-6-7-16)26(34)31-24-5-3-4-21(30-24)25-32-29-15-33(25)10-1-2-11-35-23/h3-5,8-9,12-16H,1-2,6-7,10-11H2,(H,30,31,34). The van der Waals surface area contributed by atoms with Gasteiger partial charge in [-0.2, -0.15) is 0 Å². The maximum atomic E-state index is 15.3. The van der Waals surface area contributed by atoms with Gasteiger partial charge in [-0.3, -0.25) is 9.78 Å². The highest BCUT2D eigenvalue weighted by atomic mass is 19.1. The molecule has 6 rings (SSSR count). The second-order valence-corrected chi connectivity index (χ2v) is 8.84. The molecule has 176 valence electrons. The molecule has 8 nitrogen and oxygen atoms in total. The predicted octanol–water partition coefficient (Wildman–Crippen LogP) is 4.84. The zero-order valence-corrected chi connectivity index (χ0v) is 18.9. The van der Waals surface area contributed by atoms with Crippen LogP contribution in [0.2, 0.25) is 0 Å². The summed E-state index contributed by atoms with van der Waals surface area (Å²) in [6.07, 6.45) is 7.07. The van der Waals surface area contributed by atoms with Gasteiger partial charge in [0.2, 0.25) is 0 Å². The summed E-state index contributed by atoms with van der Waals surface area (Å²) in [5.41, 5.74) is 2.84. The second kappa shape index (κ2) is 8.90. The minimum Gasteiger partial charge on any atom is -0.493 e. The number of aryl methyl sites for hydroxylation is 1. The summed E-state index contributed by atoms with van der Waals surface area (Å²) in [4.78, 5) is 22.3. The Morgan fingerprint density at radius 1 is 1.09 bits per heavy atom. The fourth-order valence-corrected chi connectivity index (χ4v) is 4.29. The van der Waals surface area contributed by atoms with Gasteiger partial charge in [-0.15, -0.1) is 10.2 Å². The first-order valence-electron chi connectivity index (χ1n) is 11.7. The number of carbonyl (C=O) groups excluding carboxylic acids is 1. The monoisotopic (exact) mass is 470 g/mol. The molecule has 4 aromatic rings. The van der Waals surface area contributed by atoms with E-state index in [0.29, 0.717) is 54.0 Å². The number of fused-ring (bicyclic) bond motifs is 5. The van der Waals surface area contributed by atoms with E-state index in [1.165, 1.54) is 6.07 Å². The predicted molar refractivity (Wildman–Crippen MR) is 128 cm³/mol. The Hall–Kier alpha value is -4.14. The highest BCUT2D eigenvalue weighted by molar-refractivity contribution is 6.06. The van der Waals surface area contributed by atoms with Crippen molar-refractivity contribution in [2.75, 3.05) is 11.9 Å².